The molecule has 1 aromatic rings. The van der Waals surface area contributed by atoms with Crippen LogP contribution in [-0.2, 0) is 4.79 Å². The van der Waals surface area contributed by atoms with Gasteiger partial charge in [0.1, 0.15) is 5.82 Å². The molecule has 0 saturated carbocycles. The molecule has 0 unspecified atom stereocenters. The van der Waals surface area contributed by atoms with E-state index in [1.165, 1.54) is 0 Å². The lowest BCUT2D eigenvalue weighted by Gasteiger charge is -2.26. The summed E-state index contributed by atoms with van der Waals surface area (Å²) in [6.45, 7) is 9.84. The highest BCUT2D eigenvalue weighted by Gasteiger charge is 2.28. The number of hydrogen-bond acceptors (Lipinski definition) is 3. The molecule has 0 fully saturated rings. The molecular formula is C12H22N4O. The maximum atomic E-state index is 12.0. The van der Waals surface area contributed by atoms with E-state index in [0.29, 0.717) is 5.82 Å². The number of anilines is 1. The Kier molecular flexibility index (Phi) is 3.93. The summed E-state index contributed by atoms with van der Waals surface area (Å²) in [4.78, 5) is 12.0. The number of nitrogens with zero attached hydrogens (tertiary/aromatic N) is 2. The molecule has 0 spiro atoms. The zero-order valence-corrected chi connectivity index (χ0v) is 11.2. The Bertz CT molecular complexity index is 389. The molecule has 3 N–H and O–H groups in total. The number of amides is 1. The van der Waals surface area contributed by atoms with Crippen LogP contribution in [0.3, 0.4) is 0 Å². The number of aromatic nitrogens is 2. The van der Waals surface area contributed by atoms with E-state index in [9.17, 15) is 4.79 Å². The first-order valence-electron chi connectivity index (χ1n) is 5.83. The van der Waals surface area contributed by atoms with Crippen molar-refractivity contribution in [2.75, 3.05) is 5.32 Å². The van der Waals surface area contributed by atoms with Crippen molar-refractivity contribution in [1.29, 1.82) is 0 Å². The van der Waals surface area contributed by atoms with Crippen molar-refractivity contribution in [3.8, 4) is 0 Å². The van der Waals surface area contributed by atoms with Crippen LogP contribution in [0.4, 0.5) is 5.82 Å². The molecule has 0 aliphatic heterocycles. The summed E-state index contributed by atoms with van der Waals surface area (Å²) in [5.74, 6) is 0.504. The average molecular weight is 238 g/mol. The van der Waals surface area contributed by atoms with Gasteiger partial charge in [-0.05, 0) is 19.3 Å². The molecule has 5 heteroatoms. The Hall–Kier alpha value is -1.36. The minimum atomic E-state index is -0.544. The van der Waals surface area contributed by atoms with Crippen LogP contribution >= 0.6 is 0 Å². The minimum absolute atomic E-state index is 0.181. The van der Waals surface area contributed by atoms with Gasteiger partial charge < -0.3 is 11.1 Å². The first-order chi connectivity index (χ1) is 7.73. The summed E-state index contributed by atoms with van der Waals surface area (Å²) in [5.41, 5.74) is 5.64. The predicted octanol–water partition coefficient (Wildman–Crippen LogP) is 1.78. The molecule has 1 amide bonds. The summed E-state index contributed by atoms with van der Waals surface area (Å²) in [5, 5.41) is 6.97. The van der Waals surface area contributed by atoms with Gasteiger partial charge in [0.05, 0.1) is 12.2 Å². The van der Waals surface area contributed by atoms with Crippen LogP contribution in [0.2, 0.25) is 0 Å². The summed E-state index contributed by atoms with van der Waals surface area (Å²) in [6, 6.07) is 1.43. The molecule has 1 heterocycles. The molecule has 0 bridgehead atoms. The van der Waals surface area contributed by atoms with Crippen LogP contribution in [-0.4, -0.2) is 21.7 Å². The molecule has 0 saturated heterocycles. The SMILES string of the molecule is CC(C)n1nccc1NC(=O)[C@H](N)C(C)(C)C. The Morgan fingerprint density at radius 3 is 2.53 bits per heavy atom. The lowest BCUT2D eigenvalue weighted by Crippen LogP contribution is -2.45. The lowest BCUT2D eigenvalue weighted by atomic mass is 9.87. The number of hydrogen-bond donors (Lipinski definition) is 2. The fourth-order valence-corrected chi connectivity index (χ4v) is 1.42. The van der Waals surface area contributed by atoms with E-state index < -0.39 is 6.04 Å². The number of nitrogens with two attached hydrogens (primary N) is 1. The van der Waals surface area contributed by atoms with Crippen LogP contribution in [0.15, 0.2) is 12.3 Å². The van der Waals surface area contributed by atoms with Gasteiger partial charge >= 0.3 is 0 Å². The Morgan fingerprint density at radius 2 is 2.06 bits per heavy atom. The number of carbonyl (C=O) groups excluding carboxylic acids is 1. The highest BCUT2D eigenvalue weighted by Crippen LogP contribution is 2.19. The van der Waals surface area contributed by atoms with Crippen molar-refractivity contribution >= 4 is 11.7 Å². The number of carbonyl (C=O) groups is 1. The minimum Gasteiger partial charge on any atom is -0.319 e. The van der Waals surface area contributed by atoms with Crippen molar-refractivity contribution in [1.82, 2.24) is 9.78 Å². The van der Waals surface area contributed by atoms with Gasteiger partial charge in [0.2, 0.25) is 5.91 Å². The quantitative estimate of drug-likeness (QED) is 0.843. The molecule has 0 aliphatic carbocycles. The molecule has 0 aliphatic rings. The average Bonchev–Trinajstić information content (AvgIpc) is 2.63. The first-order valence-corrected chi connectivity index (χ1v) is 5.83. The van der Waals surface area contributed by atoms with Crippen LogP contribution in [0, 0.1) is 5.41 Å². The van der Waals surface area contributed by atoms with Crippen molar-refractivity contribution in [3.05, 3.63) is 12.3 Å². The second-order valence-corrected chi connectivity index (χ2v) is 5.59. The highest BCUT2D eigenvalue weighted by atomic mass is 16.2. The van der Waals surface area contributed by atoms with E-state index in [4.69, 9.17) is 5.73 Å². The molecule has 1 atom stereocenters. The van der Waals surface area contributed by atoms with Crippen LogP contribution < -0.4 is 11.1 Å². The molecule has 0 aromatic carbocycles. The second-order valence-electron chi connectivity index (χ2n) is 5.59. The van der Waals surface area contributed by atoms with Gasteiger partial charge in [-0.1, -0.05) is 20.8 Å². The molecule has 96 valence electrons. The fourth-order valence-electron chi connectivity index (χ4n) is 1.42. The van der Waals surface area contributed by atoms with Gasteiger partial charge in [0.25, 0.3) is 0 Å². The van der Waals surface area contributed by atoms with E-state index in [1.807, 2.05) is 34.6 Å². The molecular weight excluding hydrogens is 216 g/mol. The molecule has 17 heavy (non-hydrogen) atoms. The van der Waals surface area contributed by atoms with Crippen molar-refractivity contribution < 1.29 is 4.79 Å². The predicted molar refractivity (Wildman–Crippen MR) is 68.7 cm³/mol. The van der Waals surface area contributed by atoms with E-state index in [2.05, 4.69) is 10.4 Å². The maximum absolute atomic E-state index is 12.0. The first kappa shape index (κ1) is 13.7. The Balaban J connectivity index is 2.78. The third-order valence-corrected chi connectivity index (χ3v) is 2.63. The zero-order chi connectivity index (χ0) is 13.2. The summed E-state index contributed by atoms with van der Waals surface area (Å²) < 4.78 is 1.76. The summed E-state index contributed by atoms with van der Waals surface area (Å²) >= 11 is 0. The second kappa shape index (κ2) is 4.87. The molecule has 5 nitrogen and oxygen atoms in total. The maximum Gasteiger partial charge on any atom is 0.242 e. The van der Waals surface area contributed by atoms with E-state index in [0.717, 1.165) is 0 Å². The van der Waals surface area contributed by atoms with Gasteiger partial charge in [-0.2, -0.15) is 5.10 Å². The third kappa shape index (κ3) is 3.30. The van der Waals surface area contributed by atoms with E-state index in [-0.39, 0.29) is 17.4 Å². The fraction of sp³-hybridized carbons (Fsp3) is 0.667. The topological polar surface area (TPSA) is 72.9 Å². The van der Waals surface area contributed by atoms with Gasteiger partial charge in [0.15, 0.2) is 0 Å². The van der Waals surface area contributed by atoms with Gasteiger partial charge in [-0.3, -0.25) is 4.79 Å². The van der Waals surface area contributed by atoms with E-state index in [1.54, 1.807) is 16.9 Å². The smallest absolute Gasteiger partial charge is 0.242 e. The normalized spacial score (nSPS) is 13.8. The van der Waals surface area contributed by atoms with Crippen LogP contribution in [0.5, 0.6) is 0 Å². The number of nitrogens with one attached hydrogen (secondary N) is 1. The monoisotopic (exact) mass is 238 g/mol. The van der Waals surface area contributed by atoms with Crippen molar-refractivity contribution in [2.24, 2.45) is 11.1 Å². The molecule has 1 rings (SSSR count). The lowest BCUT2D eigenvalue weighted by molar-refractivity contribution is -0.119. The van der Waals surface area contributed by atoms with Crippen LogP contribution in [0.25, 0.3) is 0 Å². The van der Waals surface area contributed by atoms with Crippen molar-refractivity contribution in [3.63, 3.8) is 0 Å². The van der Waals surface area contributed by atoms with Crippen LogP contribution in [0.1, 0.15) is 40.7 Å². The van der Waals surface area contributed by atoms with Crippen molar-refractivity contribution in [2.45, 2.75) is 46.7 Å². The molecule has 1 aromatic heterocycles. The van der Waals surface area contributed by atoms with Gasteiger partial charge in [-0.25, -0.2) is 4.68 Å². The Labute approximate surface area is 102 Å². The Morgan fingerprint density at radius 1 is 1.47 bits per heavy atom. The van der Waals surface area contributed by atoms with Gasteiger partial charge in [0, 0.05) is 12.1 Å². The number of rotatable bonds is 3. The largest absolute Gasteiger partial charge is 0.319 e. The standard InChI is InChI=1S/C12H22N4O/c1-8(2)16-9(6-7-14-16)15-11(17)10(13)12(3,4)5/h6-8,10H,13H2,1-5H3,(H,15,17)/t10-/m0/s1. The molecule has 0 radical (unpaired) electrons. The summed E-state index contributed by atoms with van der Waals surface area (Å²) in [7, 11) is 0. The van der Waals surface area contributed by atoms with E-state index >= 15 is 0 Å². The third-order valence-electron chi connectivity index (χ3n) is 2.63. The highest BCUT2D eigenvalue weighted by molar-refractivity contribution is 5.94. The zero-order valence-electron chi connectivity index (χ0n) is 11.2. The van der Waals surface area contributed by atoms with Gasteiger partial charge in [-0.15, -0.1) is 0 Å². The summed E-state index contributed by atoms with van der Waals surface area (Å²) in [6.07, 6.45) is 1.66.